The molecule has 0 saturated heterocycles. The highest BCUT2D eigenvalue weighted by molar-refractivity contribution is 7.83. The van der Waals surface area contributed by atoms with E-state index in [9.17, 15) is 9.00 Å². The second kappa shape index (κ2) is 11.1. The minimum atomic E-state index is -1.30. The maximum Gasteiger partial charge on any atom is 0.311 e. The average Bonchev–Trinajstić information content (AvgIpc) is 2.58. The maximum absolute atomic E-state index is 12.9. The molecule has 0 spiro atoms. The van der Waals surface area contributed by atoms with Gasteiger partial charge in [0.05, 0.1) is 29.6 Å². The molecule has 1 unspecified atom stereocenters. The van der Waals surface area contributed by atoms with Gasteiger partial charge >= 0.3 is 5.97 Å². The molecule has 1 rings (SSSR count). The van der Waals surface area contributed by atoms with Gasteiger partial charge in [-0.25, -0.2) is 8.93 Å². The molecule has 0 aliphatic rings. The summed E-state index contributed by atoms with van der Waals surface area (Å²) >= 11 is 6.66. The van der Waals surface area contributed by atoms with Crippen molar-refractivity contribution in [2.45, 2.75) is 73.8 Å². The number of halogens is 1. The predicted octanol–water partition coefficient (Wildman–Crippen LogP) is 5.89. The van der Waals surface area contributed by atoms with Gasteiger partial charge in [-0.1, -0.05) is 72.2 Å². The Kier molecular flexibility index (Phi) is 10.0. The van der Waals surface area contributed by atoms with Gasteiger partial charge in [-0.15, -0.1) is 0 Å². The van der Waals surface area contributed by atoms with Crippen molar-refractivity contribution in [3.8, 4) is 0 Å². The monoisotopic (exact) mass is 457 g/mol. The average molecular weight is 458 g/mol. The second-order valence-corrected chi connectivity index (χ2v) is 12.0. The van der Waals surface area contributed by atoms with Crippen LogP contribution in [0.5, 0.6) is 0 Å². The molecule has 0 heterocycles. The van der Waals surface area contributed by atoms with Gasteiger partial charge in [-0.3, -0.25) is 4.79 Å². The Morgan fingerprint density at radius 1 is 1.17 bits per heavy atom. The van der Waals surface area contributed by atoms with Gasteiger partial charge in [0.2, 0.25) is 0 Å². The van der Waals surface area contributed by atoms with Gasteiger partial charge in [0, 0.05) is 10.8 Å². The van der Waals surface area contributed by atoms with Crippen LogP contribution in [0.25, 0.3) is 0 Å². The van der Waals surface area contributed by atoms with Crippen LogP contribution in [0.4, 0.5) is 0 Å². The zero-order chi connectivity index (χ0) is 23.3. The Morgan fingerprint density at radius 3 is 2.20 bits per heavy atom. The lowest BCUT2D eigenvalue weighted by atomic mass is 9.74. The molecule has 3 atom stereocenters. The largest absolute Gasteiger partial charge is 0.469 e. The quantitative estimate of drug-likeness (QED) is 0.445. The molecular formula is C24H40ClNO3S. The molecule has 4 nitrogen and oxygen atoms in total. The van der Waals surface area contributed by atoms with E-state index in [0.717, 1.165) is 24.0 Å². The normalized spacial score (nSPS) is 16.4. The molecule has 0 amide bonds. The summed E-state index contributed by atoms with van der Waals surface area (Å²) in [6.07, 6.45) is 1.91. The van der Waals surface area contributed by atoms with Crippen LogP contribution in [-0.2, 0) is 32.5 Å². The number of benzene rings is 1. The number of methoxy groups -OCH3 is 1. The summed E-state index contributed by atoms with van der Waals surface area (Å²) in [4.78, 5) is 12.7. The molecule has 0 aliphatic heterocycles. The third-order valence-electron chi connectivity index (χ3n) is 5.35. The molecule has 0 saturated carbocycles. The zero-order valence-electron chi connectivity index (χ0n) is 20.1. The van der Waals surface area contributed by atoms with Crippen LogP contribution >= 0.6 is 11.6 Å². The lowest BCUT2D eigenvalue weighted by molar-refractivity contribution is -0.150. The molecule has 1 N–H and O–H groups in total. The first-order valence-electron chi connectivity index (χ1n) is 10.7. The molecule has 1 aromatic carbocycles. The van der Waals surface area contributed by atoms with E-state index in [2.05, 4.69) is 25.5 Å². The van der Waals surface area contributed by atoms with Crippen LogP contribution in [0.2, 0.25) is 5.02 Å². The first kappa shape index (κ1) is 27.1. The van der Waals surface area contributed by atoms with E-state index in [1.54, 1.807) is 0 Å². The Labute approximate surface area is 191 Å². The van der Waals surface area contributed by atoms with Crippen molar-refractivity contribution in [2.75, 3.05) is 12.9 Å². The van der Waals surface area contributed by atoms with Crippen LogP contribution in [0, 0.1) is 23.2 Å². The van der Waals surface area contributed by atoms with E-state index in [4.69, 9.17) is 16.3 Å². The van der Waals surface area contributed by atoms with Crippen molar-refractivity contribution in [1.82, 2.24) is 4.72 Å². The smallest absolute Gasteiger partial charge is 0.311 e. The molecule has 6 heteroatoms. The van der Waals surface area contributed by atoms with E-state index in [1.807, 2.05) is 52.8 Å². The summed E-state index contributed by atoms with van der Waals surface area (Å²) in [6, 6.07) is 5.95. The molecule has 30 heavy (non-hydrogen) atoms. The van der Waals surface area contributed by atoms with Crippen molar-refractivity contribution in [3.63, 3.8) is 0 Å². The molecule has 0 bridgehead atoms. The molecular weight excluding hydrogens is 418 g/mol. The van der Waals surface area contributed by atoms with E-state index < -0.39 is 22.4 Å². The fraction of sp³-hybridized carbons (Fsp3) is 0.708. The third kappa shape index (κ3) is 7.65. The van der Waals surface area contributed by atoms with Gasteiger partial charge in [-0.2, -0.15) is 0 Å². The van der Waals surface area contributed by atoms with Gasteiger partial charge in [-0.05, 0) is 54.2 Å². The number of esters is 1. The summed E-state index contributed by atoms with van der Waals surface area (Å²) in [5.41, 5.74) is 1.26. The van der Waals surface area contributed by atoms with Crippen molar-refractivity contribution in [2.24, 2.45) is 23.2 Å². The molecule has 0 fully saturated rings. The van der Waals surface area contributed by atoms with Gasteiger partial charge in [0.25, 0.3) is 0 Å². The highest BCUT2D eigenvalue weighted by Crippen LogP contribution is 2.38. The van der Waals surface area contributed by atoms with Crippen LogP contribution in [0.1, 0.15) is 72.9 Å². The number of carbonyl (C=O) groups excluding carboxylic acids is 1. The standard InChI is InChI=1S/C24H40ClNO3S/c1-16(2)15-30(28)26-24(8,21(17(3)4)22(27)29-9)19-11-10-18(20(25)14-19)12-13-23(5,6)7/h10-11,14,16-17,21,26H,12-13,15H2,1-9H3/t21-,24?,30-/m0/s1. The number of hydrogen-bond acceptors (Lipinski definition) is 3. The highest BCUT2D eigenvalue weighted by Gasteiger charge is 2.44. The van der Waals surface area contributed by atoms with E-state index in [-0.39, 0.29) is 23.2 Å². The van der Waals surface area contributed by atoms with E-state index in [0.29, 0.717) is 10.8 Å². The lowest BCUT2D eigenvalue weighted by Gasteiger charge is -2.39. The van der Waals surface area contributed by atoms with Crippen molar-refractivity contribution in [1.29, 1.82) is 0 Å². The zero-order valence-corrected chi connectivity index (χ0v) is 21.7. The van der Waals surface area contributed by atoms with E-state index in [1.165, 1.54) is 7.11 Å². The first-order valence-corrected chi connectivity index (χ1v) is 12.4. The number of ether oxygens (including phenoxy) is 1. The summed E-state index contributed by atoms with van der Waals surface area (Å²) in [6.45, 7) is 16.6. The van der Waals surface area contributed by atoms with Crippen LogP contribution in [-0.4, -0.2) is 23.0 Å². The van der Waals surface area contributed by atoms with Crippen LogP contribution in [0.15, 0.2) is 18.2 Å². The number of rotatable bonds is 10. The topological polar surface area (TPSA) is 55.4 Å². The number of aryl methyl sites for hydroxylation is 1. The number of nitrogens with one attached hydrogen (secondary N) is 1. The minimum Gasteiger partial charge on any atom is -0.469 e. The Morgan fingerprint density at radius 2 is 1.77 bits per heavy atom. The van der Waals surface area contributed by atoms with Crippen molar-refractivity contribution >= 4 is 28.6 Å². The molecule has 0 aromatic heterocycles. The summed E-state index contributed by atoms with van der Waals surface area (Å²) in [7, 11) is 0.0909. The van der Waals surface area contributed by atoms with E-state index >= 15 is 0 Å². The second-order valence-electron chi connectivity index (χ2n) is 10.3. The Hall–Kier alpha value is -0.910. The maximum atomic E-state index is 12.9. The first-order chi connectivity index (χ1) is 13.7. The molecule has 0 radical (unpaired) electrons. The Bertz CT molecular complexity index is 742. The fourth-order valence-corrected chi connectivity index (χ4v) is 5.45. The number of hydrogen-bond donors (Lipinski definition) is 1. The van der Waals surface area contributed by atoms with Gasteiger partial charge in [0.1, 0.15) is 0 Å². The predicted molar refractivity (Wildman–Crippen MR) is 128 cm³/mol. The summed E-state index contributed by atoms with van der Waals surface area (Å²) < 4.78 is 21.2. The lowest BCUT2D eigenvalue weighted by Crippen LogP contribution is -2.52. The summed E-state index contributed by atoms with van der Waals surface area (Å²) in [5.74, 6) is -0.101. The van der Waals surface area contributed by atoms with Crippen LogP contribution in [0.3, 0.4) is 0 Å². The fourth-order valence-electron chi connectivity index (χ4n) is 3.77. The van der Waals surface area contributed by atoms with Gasteiger partial charge in [0.15, 0.2) is 0 Å². The molecule has 1 aromatic rings. The molecule has 0 aliphatic carbocycles. The minimum absolute atomic E-state index is 0.0228. The van der Waals surface area contributed by atoms with Crippen molar-refractivity contribution in [3.05, 3.63) is 34.3 Å². The third-order valence-corrected chi connectivity index (χ3v) is 7.32. The van der Waals surface area contributed by atoms with Crippen molar-refractivity contribution < 1.29 is 13.7 Å². The highest BCUT2D eigenvalue weighted by atomic mass is 35.5. The van der Waals surface area contributed by atoms with Gasteiger partial charge < -0.3 is 4.74 Å². The number of carbonyl (C=O) groups is 1. The summed E-state index contributed by atoms with van der Waals surface area (Å²) in [5, 5.41) is 0.673. The SMILES string of the molecule is COC(=O)[C@H](C(C)C)C(C)(N[S@@](=O)CC(C)C)c1ccc(CCC(C)(C)C)c(Cl)c1. The Balaban J connectivity index is 3.41. The van der Waals surface area contributed by atoms with Crippen LogP contribution < -0.4 is 4.72 Å². The molecule has 172 valence electrons.